The van der Waals surface area contributed by atoms with E-state index >= 15 is 0 Å². The summed E-state index contributed by atoms with van der Waals surface area (Å²) < 4.78 is 11.5. The summed E-state index contributed by atoms with van der Waals surface area (Å²) in [7, 11) is 0. The average molecular weight is 210 g/mol. The van der Waals surface area contributed by atoms with Gasteiger partial charge in [0.05, 0.1) is 6.10 Å². The molecule has 4 atom stereocenters. The number of Topliss-reactive ketones (excluding diaryl/α,β-unsaturated/α-hetero) is 1. The van der Waals surface area contributed by atoms with E-state index in [0.717, 1.165) is 38.7 Å². The molecule has 0 aromatic carbocycles. The Bertz CT molecular complexity index is 258. The van der Waals surface area contributed by atoms with Crippen LogP contribution in [0.2, 0.25) is 0 Å². The van der Waals surface area contributed by atoms with Gasteiger partial charge in [-0.25, -0.2) is 0 Å². The lowest BCUT2D eigenvalue weighted by Gasteiger charge is -2.29. The average Bonchev–Trinajstić information content (AvgIpc) is 2.77. The van der Waals surface area contributed by atoms with E-state index < -0.39 is 0 Å². The third-order valence-electron chi connectivity index (χ3n) is 3.97. The van der Waals surface area contributed by atoms with Crippen molar-refractivity contribution in [2.24, 2.45) is 11.8 Å². The van der Waals surface area contributed by atoms with E-state index in [1.165, 1.54) is 6.42 Å². The zero-order valence-electron chi connectivity index (χ0n) is 8.98. The van der Waals surface area contributed by atoms with Crippen LogP contribution in [-0.4, -0.2) is 24.8 Å². The van der Waals surface area contributed by atoms with Crippen LogP contribution in [0.5, 0.6) is 0 Å². The zero-order chi connectivity index (χ0) is 10.3. The van der Waals surface area contributed by atoms with Gasteiger partial charge in [0.2, 0.25) is 0 Å². The Hall–Kier alpha value is -0.410. The Kier molecular flexibility index (Phi) is 2.53. The minimum atomic E-state index is -0.0316. The van der Waals surface area contributed by atoms with E-state index in [0.29, 0.717) is 11.7 Å². The van der Waals surface area contributed by atoms with Gasteiger partial charge in [-0.1, -0.05) is 0 Å². The van der Waals surface area contributed by atoms with Crippen molar-refractivity contribution >= 4 is 5.78 Å². The molecule has 3 fully saturated rings. The molecule has 0 aromatic rings. The lowest BCUT2D eigenvalue weighted by Crippen LogP contribution is -2.34. The number of carbonyl (C=O) groups excluding carboxylic acids is 1. The van der Waals surface area contributed by atoms with E-state index in [1.54, 1.807) is 0 Å². The van der Waals surface area contributed by atoms with Gasteiger partial charge < -0.3 is 9.47 Å². The van der Waals surface area contributed by atoms with Gasteiger partial charge in [0.15, 0.2) is 6.29 Å². The summed E-state index contributed by atoms with van der Waals surface area (Å²) in [5, 5.41) is 0. The van der Waals surface area contributed by atoms with E-state index in [9.17, 15) is 4.79 Å². The maximum Gasteiger partial charge on any atom is 0.157 e. The number of rotatable bonds is 2. The fourth-order valence-electron chi connectivity index (χ4n) is 3.21. The van der Waals surface area contributed by atoms with Gasteiger partial charge in [-0.05, 0) is 38.0 Å². The highest BCUT2D eigenvalue weighted by Gasteiger charge is 2.47. The van der Waals surface area contributed by atoms with Crippen LogP contribution in [-0.2, 0) is 14.3 Å². The number of ketones is 1. The highest BCUT2D eigenvalue weighted by molar-refractivity contribution is 5.85. The Morgan fingerprint density at radius 2 is 2.20 bits per heavy atom. The SMILES string of the molecule is O=C1CC2CC(OC3CCCCO3)C1C2. The minimum absolute atomic E-state index is 0.0316. The molecule has 3 nitrogen and oxygen atoms in total. The van der Waals surface area contributed by atoms with Crippen molar-refractivity contribution in [2.75, 3.05) is 6.61 Å². The molecule has 2 saturated carbocycles. The van der Waals surface area contributed by atoms with Crippen molar-refractivity contribution in [1.82, 2.24) is 0 Å². The third-order valence-corrected chi connectivity index (χ3v) is 3.97. The zero-order valence-corrected chi connectivity index (χ0v) is 8.98. The summed E-state index contributed by atoms with van der Waals surface area (Å²) in [6.07, 6.45) is 6.43. The molecule has 4 unspecified atom stereocenters. The molecule has 3 aliphatic rings. The van der Waals surface area contributed by atoms with E-state index in [4.69, 9.17) is 9.47 Å². The molecule has 1 saturated heterocycles. The maximum absolute atomic E-state index is 11.6. The Morgan fingerprint density at radius 3 is 2.87 bits per heavy atom. The van der Waals surface area contributed by atoms with Gasteiger partial charge in [0, 0.05) is 18.9 Å². The highest BCUT2D eigenvalue weighted by atomic mass is 16.7. The molecule has 84 valence electrons. The molecule has 0 spiro atoms. The van der Waals surface area contributed by atoms with Crippen LogP contribution in [0.1, 0.15) is 38.5 Å². The maximum atomic E-state index is 11.6. The Balaban J connectivity index is 1.57. The van der Waals surface area contributed by atoms with E-state index in [-0.39, 0.29) is 18.3 Å². The van der Waals surface area contributed by atoms with Crippen LogP contribution in [0.4, 0.5) is 0 Å². The molecule has 0 radical (unpaired) electrons. The van der Waals surface area contributed by atoms with Gasteiger partial charge in [0.25, 0.3) is 0 Å². The first-order valence-electron chi connectivity index (χ1n) is 6.12. The fourth-order valence-corrected chi connectivity index (χ4v) is 3.21. The third kappa shape index (κ3) is 1.83. The van der Waals surface area contributed by atoms with Crippen LogP contribution in [0, 0.1) is 11.8 Å². The molecule has 3 heteroatoms. The second kappa shape index (κ2) is 3.87. The molecule has 1 heterocycles. The summed E-state index contributed by atoms with van der Waals surface area (Å²) in [6.45, 7) is 0.819. The molecule has 0 N–H and O–H groups in total. The number of ether oxygens (including phenoxy) is 2. The van der Waals surface area contributed by atoms with Crippen LogP contribution >= 0.6 is 0 Å². The predicted molar refractivity (Wildman–Crippen MR) is 54.3 cm³/mol. The van der Waals surface area contributed by atoms with Crippen molar-refractivity contribution in [2.45, 2.75) is 50.9 Å². The molecule has 2 bridgehead atoms. The van der Waals surface area contributed by atoms with Gasteiger partial charge in [-0.2, -0.15) is 0 Å². The predicted octanol–water partition coefficient (Wildman–Crippen LogP) is 1.90. The molecule has 2 aliphatic carbocycles. The van der Waals surface area contributed by atoms with Crippen LogP contribution < -0.4 is 0 Å². The van der Waals surface area contributed by atoms with Gasteiger partial charge in [0.1, 0.15) is 5.78 Å². The van der Waals surface area contributed by atoms with Crippen LogP contribution in [0.25, 0.3) is 0 Å². The standard InChI is InChI=1S/C12H18O3/c13-10-6-8-5-9(10)11(7-8)15-12-3-1-2-4-14-12/h8-9,11-12H,1-7H2. The first-order chi connectivity index (χ1) is 7.33. The molecular formula is C12H18O3. The van der Waals surface area contributed by atoms with Crippen molar-refractivity contribution in [3.63, 3.8) is 0 Å². The van der Waals surface area contributed by atoms with Gasteiger partial charge in [-0.3, -0.25) is 4.79 Å². The summed E-state index contributed by atoms with van der Waals surface area (Å²) in [6, 6.07) is 0. The van der Waals surface area contributed by atoms with Crippen molar-refractivity contribution in [3.8, 4) is 0 Å². The molecular weight excluding hydrogens is 192 g/mol. The van der Waals surface area contributed by atoms with Crippen molar-refractivity contribution in [1.29, 1.82) is 0 Å². The first kappa shape index (κ1) is 9.79. The summed E-state index contributed by atoms with van der Waals surface area (Å²) in [5.41, 5.74) is 0. The number of hydrogen-bond donors (Lipinski definition) is 0. The molecule has 3 rings (SSSR count). The largest absolute Gasteiger partial charge is 0.353 e. The first-order valence-corrected chi connectivity index (χ1v) is 6.12. The highest BCUT2D eigenvalue weighted by Crippen LogP contribution is 2.44. The Labute approximate surface area is 90.1 Å². The van der Waals surface area contributed by atoms with Crippen molar-refractivity contribution in [3.05, 3.63) is 0 Å². The van der Waals surface area contributed by atoms with E-state index in [1.807, 2.05) is 0 Å². The number of hydrogen-bond acceptors (Lipinski definition) is 3. The second-order valence-electron chi connectivity index (χ2n) is 5.09. The van der Waals surface area contributed by atoms with Gasteiger partial charge in [-0.15, -0.1) is 0 Å². The topological polar surface area (TPSA) is 35.5 Å². The molecule has 1 aliphatic heterocycles. The lowest BCUT2D eigenvalue weighted by molar-refractivity contribution is -0.196. The van der Waals surface area contributed by atoms with Crippen molar-refractivity contribution < 1.29 is 14.3 Å². The summed E-state index contributed by atoms with van der Waals surface area (Å²) in [4.78, 5) is 11.6. The quantitative estimate of drug-likeness (QED) is 0.698. The molecule has 15 heavy (non-hydrogen) atoms. The fraction of sp³-hybridized carbons (Fsp3) is 0.917. The summed E-state index contributed by atoms with van der Waals surface area (Å²) >= 11 is 0. The Morgan fingerprint density at radius 1 is 1.27 bits per heavy atom. The summed E-state index contributed by atoms with van der Waals surface area (Å²) in [5.74, 6) is 1.23. The van der Waals surface area contributed by atoms with Crippen LogP contribution in [0.3, 0.4) is 0 Å². The van der Waals surface area contributed by atoms with Gasteiger partial charge >= 0.3 is 0 Å². The van der Waals surface area contributed by atoms with E-state index in [2.05, 4.69) is 0 Å². The number of fused-ring (bicyclic) bond motifs is 2. The number of carbonyl (C=O) groups is 1. The van der Waals surface area contributed by atoms with Crippen LogP contribution in [0.15, 0.2) is 0 Å². The lowest BCUT2D eigenvalue weighted by atomic mass is 9.96. The molecule has 0 amide bonds. The minimum Gasteiger partial charge on any atom is -0.353 e. The second-order valence-corrected chi connectivity index (χ2v) is 5.09. The molecule has 0 aromatic heterocycles. The normalized spacial score (nSPS) is 44.9. The monoisotopic (exact) mass is 210 g/mol. The smallest absolute Gasteiger partial charge is 0.157 e.